The Balaban J connectivity index is 2.75. The van der Waals surface area contributed by atoms with Gasteiger partial charge in [0.25, 0.3) is 0 Å². The summed E-state index contributed by atoms with van der Waals surface area (Å²) >= 11 is 0. The molecule has 0 aromatic carbocycles. The highest BCUT2D eigenvalue weighted by Gasteiger charge is 2.77. The number of rotatable bonds is 18. The van der Waals surface area contributed by atoms with Crippen molar-refractivity contribution in [2.75, 3.05) is 26.4 Å². The standard InChI is InChI=1S/C26H52O6Si/c1-9-13-17-29-25(11-3,23-15-19-27-23)33(31-21(5)6,32-22(7)8)26(12-4,24-16-20-28-24)30-18-14-10-2/h21-24H,9-20H2,1-8H3. The fraction of sp³-hybridized carbons (Fsp3) is 1.00. The van der Waals surface area contributed by atoms with Crippen LogP contribution in [0.25, 0.3) is 0 Å². The Bertz CT molecular complexity index is 503. The minimum Gasteiger partial charge on any atom is -0.388 e. The first-order valence-corrected chi connectivity index (χ1v) is 15.5. The van der Waals surface area contributed by atoms with Crippen LogP contribution in [0.4, 0.5) is 0 Å². The SMILES string of the molecule is CCCCOC(CC)(C1CCO1)[Si](OC(C)C)(OC(C)C)C(CC)(OCCCC)C1CCO1. The van der Waals surface area contributed by atoms with E-state index in [9.17, 15) is 0 Å². The quantitative estimate of drug-likeness (QED) is 0.178. The zero-order chi connectivity index (χ0) is 24.5. The largest absolute Gasteiger partial charge is 0.410 e. The second-order valence-corrected chi connectivity index (χ2v) is 13.5. The van der Waals surface area contributed by atoms with Crippen LogP contribution >= 0.6 is 0 Å². The summed E-state index contributed by atoms with van der Waals surface area (Å²) in [5.74, 6) is 0. The minimum atomic E-state index is -3.34. The summed E-state index contributed by atoms with van der Waals surface area (Å²) in [6.07, 6.45) is 7.42. The van der Waals surface area contributed by atoms with Crippen LogP contribution in [0, 0.1) is 0 Å². The van der Waals surface area contributed by atoms with Crippen LogP contribution in [0.2, 0.25) is 0 Å². The maximum atomic E-state index is 7.14. The summed E-state index contributed by atoms with van der Waals surface area (Å²) in [4.78, 5) is 0. The van der Waals surface area contributed by atoms with E-state index < -0.39 is 19.0 Å². The molecule has 0 aliphatic carbocycles. The van der Waals surface area contributed by atoms with Gasteiger partial charge in [0.2, 0.25) is 0 Å². The summed E-state index contributed by atoms with van der Waals surface area (Å²) in [5, 5.41) is -1.34. The highest BCUT2D eigenvalue weighted by molar-refractivity contribution is 6.74. The van der Waals surface area contributed by atoms with Crippen molar-refractivity contribution >= 4 is 8.56 Å². The van der Waals surface area contributed by atoms with Crippen molar-refractivity contribution < 1.29 is 27.8 Å². The second-order valence-electron chi connectivity index (χ2n) is 10.1. The van der Waals surface area contributed by atoms with Gasteiger partial charge in [-0.15, -0.1) is 0 Å². The molecule has 33 heavy (non-hydrogen) atoms. The van der Waals surface area contributed by atoms with Crippen LogP contribution in [0.5, 0.6) is 0 Å². The van der Waals surface area contributed by atoms with Crippen molar-refractivity contribution in [1.29, 1.82) is 0 Å². The van der Waals surface area contributed by atoms with Crippen molar-refractivity contribution in [3.05, 3.63) is 0 Å². The summed E-state index contributed by atoms with van der Waals surface area (Å²) < 4.78 is 40.7. The predicted octanol–water partition coefficient (Wildman–Crippen LogP) is 5.87. The van der Waals surface area contributed by atoms with Gasteiger partial charge in [0, 0.05) is 38.6 Å². The Morgan fingerprint density at radius 2 is 1.09 bits per heavy atom. The van der Waals surface area contributed by atoms with Gasteiger partial charge >= 0.3 is 8.56 Å². The molecule has 2 heterocycles. The molecule has 2 saturated heterocycles. The van der Waals surface area contributed by atoms with Crippen LogP contribution in [0.15, 0.2) is 0 Å². The van der Waals surface area contributed by atoms with Crippen molar-refractivity contribution in [1.82, 2.24) is 0 Å². The second kappa shape index (κ2) is 13.3. The molecule has 2 fully saturated rings. The Morgan fingerprint density at radius 1 is 0.727 bits per heavy atom. The fourth-order valence-electron chi connectivity index (χ4n) is 5.38. The molecule has 2 rings (SSSR count). The first kappa shape index (κ1) is 29.2. The summed E-state index contributed by atoms with van der Waals surface area (Å²) in [6.45, 7) is 20.1. The Kier molecular flexibility index (Phi) is 11.8. The summed E-state index contributed by atoms with van der Waals surface area (Å²) in [6, 6.07) is 0. The van der Waals surface area contributed by atoms with Gasteiger partial charge in [-0.1, -0.05) is 40.5 Å². The third kappa shape index (κ3) is 5.87. The normalized spacial score (nSPS) is 24.9. The molecule has 0 radical (unpaired) electrons. The molecule has 4 unspecified atom stereocenters. The number of hydrogen-bond donors (Lipinski definition) is 0. The van der Waals surface area contributed by atoms with Gasteiger partial charge in [-0.05, 0) is 66.2 Å². The molecule has 0 saturated carbocycles. The molecule has 7 heteroatoms. The van der Waals surface area contributed by atoms with Gasteiger partial charge in [-0.25, -0.2) is 0 Å². The Morgan fingerprint density at radius 3 is 1.30 bits per heavy atom. The van der Waals surface area contributed by atoms with E-state index in [-0.39, 0.29) is 24.4 Å². The van der Waals surface area contributed by atoms with Gasteiger partial charge < -0.3 is 27.8 Å². The number of hydrogen-bond acceptors (Lipinski definition) is 6. The molecule has 0 aromatic heterocycles. The highest BCUT2D eigenvalue weighted by atomic mass is 28.4. The molecule has 6 nitrogen and oxygen atoms in total. The molecule has 0 amide bonds. The highest BCUT2D eigenvalue weighted by Crippen LogP contribution is 2.52. The van der Waals surface area contributed by atoms with Gasteiger partial charge in [-0.3, -0.25) is 0 Å². The van der Waals surface area contributed by atoms with Crippen molar-refractivity contribution in [2.24, 2.45) is 0 Å². The van der Waals surface area contributed by atoms with Gasteiger partial charge in [-0.2, -0.15) is 0 Å². The zero-order valence-corrected chi connectivity index (χ0v) is 23.7. The van der Waals surface area contributed by atoms with Crippen LogP contribution < -0.4 is 0 Å². The average Bonchev–Trinajstić information content (AvgIpc) is 2.68. The molecule has 0 N–H and O–H groups in total. The predicted molar refractivity (Wildman–Crippen MR) is 135 cm³/mol. The monoisotopic (exact) mass is 488 g/mol. The lowest BCUT2D eigenvalue weighted by molar-refractivity contribution is -0.221. The Hall–Kier alpha value is -0.0231. The zero-order valence-electron chi connectivity index (χ0n) is 22.7. The summed E-state index contributed by atoms with van der Waals surface area (Å²) in [5.41, 5.74) is 0. The maximum Gasteiger partial charge on any atom is 0.410 e. The van der Waals surface area contributed by atoms with Crippen molar-refractivity contribution in [3.8, 4) is 0 Å². The first-order chi connectivity index (χ1) is 15.8. The maximum absolute atomic E-state index is 7.14. The van der Waals surface area contributed by atoms with Crippen molar-refractivity contribution in [3.63, 3.8) is 0 Å². The Labute approximate surface area is 204 Å². The molecule has 0 aromatic rings. The van der Waals surface area contributed by atoms with E-state index in [2.05, 4.69) is 55.4 Å². The topological polar surface area (TPSA) is 55.4 Å². The number of unbranched alkanes of at least 4 members (excludes halogenated alkanes) is 2. The molecule has 2 aliphatic rings. The molecule has 0 bridgehead atoms. The van der Waals surface area contributed by atoms with Crippen LogP contribution in [-0.4, -0.2) is 69.9 Å². The molecule has 0 spiro atoms. The lowest BCUT2D eigenvalue weighted by Crippen LogP contribution is -2.85. The third-order valence-corrected chi connectivity index (χ3v) is 12.6. The number of ether oxygens (including phenoxy) is 4. The van der Waals surface area contributed by atoms with Crippen LogP contribution in [0.1, 0.15) is 107 Å². The molecule has 4 atom stereocenters. The average molecular weight is 489 g/mol. The lowest BCUT2D eigenvalue weighted by atomic mass is 10.0. The van der Waals surface area contributed by atoms with Gasteiger partial charge in [0.05, 0.1) is 12.2 Å². The third-order valence-electron chi connectivity index (χ3n) is 7.12. The molecule has 196 valence electrons. The van der Waals surface area contributed by atoms with Crippen LogP contribution in [-0.2, 0) is 27.8 Å². The lowest BCUT2D eigenvalue weighted by Gasteiger charge is -2.62. The first-order valence-electron chi connectivity index (χ1n) is 13.7. The van der Waals surface area contributed by atoms with E-state index in [0.717, 1.165) is 64.6 Å². The minimum absolute atomic E-state index is 0.0306. The van der Waals surface area contributed by atoms with E-state index in [1.807, 2.05) is 0 Å². The van der Waals surface area contributed by atoms with E-state index in [4.69, 9.17) is 27.8 Å². The van der Waals surface area contributed by atoms with E-state index >= 15 is 0 Å². The molecular weight excluding hydrogens is 436 g/mol. The fourth-order valence-corrected chi connectivity index (χ4v) is 11.1. The smallest absolute Gasteiger partial charge is 0.388 e. The van der Waals surface area contributed by atoms with E-state index in [0.29, 0.717) is 13.2 Å². The van der Waals surface area contributed by atoms with Crippen molar-refractivity contribution in [2.45, 2.75) is 142 Å². The van der Waals surface area contributed by atoms with Crippen LogP contribution in [0.3, 0.4) is 0 Å². The molecular formula is C26H52O6Si. The van der Waals surface area contributed by atoms with E-state index in [1.54, 1.807) is 0 Å². The van der Waals surface area contributed by atoms with Gasteiger partial charge in [0.1, 0.15) is 10.4 Å². The van der Waals surface area contributed by atoms with E-state index in [1.165, 1.54) is 0 Å². The summed E-state index contributed by atoms with van der Waals surface area (Å²) in [7, 11) is -3.34. The molecule has 2 aliphatic heterocycles. The van der Waals surface area contributed by atoms with Gasteiger partial charge in [0.15, 0.2) is 0 Å².